The Hall–Kier alpha value is -2.25. The molecule has 8 heteroatoms. The molecule has 0 saturated carbocycles. The maximum atomic E-state index is 13.4. The number of carbonyl (C=O) groups is 2. The minimum Gasteiger partial charge on any atom is -0.444 e. The molecule has 1 rings (SSSR count). The molecule has 2 amide bonds. The number of halogens is 3. The van der Waals surface area contributed by atoms with E-state index in [1.54, 1.807) is 27.7 Å². The number of benzene rings is 1. The normalized spacial score (nSPS) is 12.5. The Morgan fingerprint density at radius 3 is 2.26 bits per heavy atom. The number of amides is 2. The van der Waals surface area contributed by atoms with Crippen LogP contribution in [0.25, 0.3) is 0 Å². The van der Waals surface area contributed by atoms with E-state index in [-0.39, 0.29) is 6.42 Å². The Morgan fingerprint density at radius 1 is 1.13 bits per heavy atom. The minimum atomic E-state index is -1.35. The molecule has 1 aromatic rings. The van der Waals surface area contributed by atoms with Gasteiger partial charge >= 0.3 is 6.09 Å². The fourth-order valence-electron chi connectivity index (χ4n) is 1.66. The molecule has 0 aromatic heterocycles. The van der Waals surface area contributed by atoms with Crippen LogP contribution in [0.2, 0.25) is 0 Å². The van der Waals surface area contributed by atoms with Gasteiger partial charge in [-0.25, -0.2) is 18.0 Å². The zero-order valence-electron chi connectivity index (χ0n) is 13.3. The average Bonchev–Trinajstić information content (AvgIpc) is 2.32. The molecule has 0 aliphatic rings. The highest BCUT2D eigenvalue weighted by atomic mass is 19.2. The van der Waals surface area contributed by atoms with Gasteiger partial charge in [-0.05, 0) is 27.7 Å². The van der Waals surface area contributed by atoms with E-state index in [2.05, 4.69) is 10.6 Å². The van der Waals surface area contributed by atoms with Crippen molar-refractivity contribution in [3.05, 3.63) is 29.6 Å². The summed E-state index contributed by atoms with van der Waals surface area (Å²) in [6.45, 7) is 6.62. The molecule has 23 heavy (non-hydrogen) atoms. The van der Waals surface area contributed by atoms with Crippen LogP contribution in [0.3, 0.4) is 0 Å². The smallest absolute Gasteiger partial charge is 0.407 e. The zero-order chi connectivity index (χ0) is 17.8. The van der Waals surface area contributed by atoms with Gasteiger partial charge in [-0.3, -0.25) is 4.79 Å². The van der Waals surface area contributed by atoms with E-state index in [0.717, 1.165) is 0 Å². The van der Waals surface area contributed by atoms with E-state index in [4.69, 9.17) is 4.74 Å². The second kappa shape index (κ2) is 7.34. The summed E-state index contributed by atoms with van der Waals surface area (Å²) in [5.41, 5.74) is -1.15. The summed E-state index contributed by atoms with van der Waals surface area (Å²) in [7, 11) is 0. The van der Waals surface area contributed by atoms with Crippen LogP contribution in [0, 0.1) is 17.5 Å². The fraction of sp³-hybridized carbons (Fsp3) is 0.467. The number of anilines is 1. The van der Waals surface area contributed by atoms with E-state index in [0.29, 0.717) is 12.1 Å². The summed E-state index contributed by atoms with van der Waals surface area (Å²) < 4.78 is 44.3. The van der Waals surface area contributed by atoms with Crippen LogP contribution in [0.1, 0.15) is 34.1 Å². The van der Waals surface area contributed by atoms with Crippen LogP contribution < -0.4 is 10.6 Å². The van der Waals surface area contributed by atoms with Crippen molar-refractivity contribution in [2.75, 3.05) is 5.32 Å². The Balaban J connectivity index is 2.57. The first-order chi connectivity index (χ1) is 10.5. The molecule has 1 atom stereocenters. The average molecular weight is 332 g/mol. The minimum absolute atomic E-state index is 0.197. The molecule has 0 radical (unpaired) electrons. The van der Waals surface area contributed by atoms with Crippen molar-refractivity contribution in [3.8, 4) is 0 Å². The summed E-state index contributed by atoms with van der Waals surface area (Å²) >= 11 is 0. The number of hydrogen-bond acceptors (Lipinski definition) is 3. The Bertz CT molecular complexity index is 600. The topological polar surface area (TPSA) is 67.4 Å². The summed E-state index contributed by atoms with van der Waals surface area (Å²) in [6.07, 6.45) is -0.894. The van der Waals surface area contributed by atoms with Crippen LogP contribution in [-0.4, -0.2) is 23.6 Å². The van der Waals surface area contributed by atoms with E-state index in [1.165, 1.54) is 0 Å². The second-order valence-electron chi connectivity index (χ2n) is 6.05. The number of nitrogens with one attached hydrogen (secondary N) is 2. The SMILES string of the molecule is CC(CC(=O)Nc1cc(F)c(F)cc1F)NC(=O)OC(C)(C)C. The Kier molecular flexibility index (Phi) is 6.00. The van der Waals surface area contributed by atoms with Crippen LogP contribution >= 0.6 is 0 Å². The summed E-state index contributed by atoms with van der Waals surface area (Å²) in [5.74, 6) is -4.38. The van der Waals surface area contributed by atoms with E-state index < -0.39 is 46.8 Å². The highest BCUT2D eigenvalue weighted by Gasteiger charge is 2.19. The number of rotatable bonds is 4. The van der Waals surface area contributed by atoms with Gasteiger partial charge in [0.25, 0.3) is 0 Å². The molecule has 0 heterocycles. The van der Waals surface area contributed by atoms with Gasteiger partial charge in [0.15, 0.2) is 11.6 Å². The molecule has 128 valence electrons. The number of ether oxygens (including phenoxy) is 1. The lowest BCUT2D eigenvalue weighted by atomic mass is 10.2. The molecule has 0 aliphatic heterocycles. The molecule has 5 nitrogen and oxygen atoms in total. The van der Waals surface area contributed by atoms with Gasteiger partial charge in [0.05, 0.1) is 5.69 Å². The quantitative estimate of drug-likeness (QED) is 0.831. The molecular weight excluding hydrogens is 313 g/mol. The maximum Gasteiger partial charge on any atom is 0.407 e. The van der Waals surface area contributed by atoms with Crippen molar-refractivity contribution in [2.24, 2.45) is 0 Å². The van der Waals surface area contributed by atoms with E-state index in [9.17, 15) is 22.8 Å². The van der Waals surface area contributed by atoms with Crippen molar-refractivity contribution < 1.29 is 27.5 Å². The van der Waals surface area contributed by atoms with E-state index in [1.807, 2.05) is 0 Å². The lowest BCUT2D eigenvalue weighted by molar-refractivity contribution is -0.116. The highest BCUT2D eigenvalue weighted by molar-refractivity contribution is 5.91. The highest BCUT2D eigenvalue weighted by Crippen LogP contribution is 2.18. The van der Waals surface area contributed by atoms with Gasteiger partial charge in [0, 0.05) is 24.6 Å². The second-order valence-corrected chi connectivity index (χ2v) is 6.05. The third-order valence-electron chi connectivity index (χ3n) is 2.54. The first-order valence-electron chi connectivity index (χ1n) is 6.92. The lowest BCUT2D eigenvalue weighted by Gasteiger charge is -2.21. The first kappa shape index (κ1) is 18.8. The molecule has 0 saturated heterocycles. The standard InChI is InChI=1S/C15H19F3N2O3/c1-8(19-14(22)23-15(2,3)4)5-13(21)20-12-7-10(17)9(16)6-11(12)18/h6-8H,5H2,1-4H3,(H,19,22)(H,20,21). The van der Waals surface area contributed by atoms with Gasteiger partial charge in [0.2, 0.25) is 5.91 Å². The largest absolute Gasteiger partial charge is 0.444 e. The van der Waals surface area contributed by atoms with Crippen LogP contribution in [0.4, 0.5) is 23.7 Å². The van der Waals surface area contributed by atoms with Gasteiger partial charge < -0.3 is 15.4 Å². The maximum absolute atomic E-state index is 13.4. The lowest BCUT2D eigenvalue weighted by Crippen LogP contribution is -2.39. The molecular formula is C15H19F3N2O3. The van der Waals surface area contributed by atoms with Crippen molar-refractivity contribution in [1.29, 1.82) is 0 Å². The van der Waals surface area contributed by atoms with Gasteiger partial charge in [0.1, 0.15) is 11.4 Å². The molecule has 0 fully saturated rings. The molecule has 0 aliphatic carbocycles. The summed E-state index contributed by atoms with van der Waals surface area (Å²) in [6, 6.07) is 0.292. The zero-order valence-corrected chi connectivity index (χ0v) is 13.3. The molecule has 1 unspecified atom stereocenters. The van der Waals surface area contributed by atoms with Gasteiger partial charge in [-0.15, -0.1) is 0 Å². The molecule has 0 bridgehead atoms. The van der Waals surface area contributed by atoms with Crippen molar-refractivity contribution in [3.63, 3.8) is 0 Å². The van der Waals surface area contributed by atoms with Gasteiger partial charge in [-0.1, -0.05) is 0 Å². The third kappa shape index (κ3) is 6.58. The number of hydrogen-bond donors (Lipinski definition) is 2. The van der Waals surface area contributed by atoms with E-state index >= 15 is 0 Å². The summed E-state index contributed by atoms with van der Waals surface area (Å²) in [4.78, 5) is 23.3. The Morgan fingerprint density at radius 2 is 1.70 bits per heavy atom. The third-order valence-corrected chi connectivity index (χ3v) is 2.54. The molecule has 0 spiro atoms. The molecule has 1 aromatic carbocycles. The van der Waals surface area contributed by atoms with Crippen molar-refractivity contribution in [2.45, 2.75) is 45.8 Å². The Labute approximate surface area is 132 Å². The first-order valence-corrected chi connectivity index (χ1v) is 6.92. The number of alkyl carbamates (subject to hydrolysis) is 1. The number of carbonyl (C=O) groups excluding carboxylic acids is 2. The molecule has 2 N–H and O–H groups in total. The van der Waals surface area contributed by atoms with Crippen LogP contribution in [0.5, 0.6) is 0 Å². The van der Waals surface area contributed by atoms with Gasteiger partial charge in [-0.2, -0.15) is 0 Å². The predicted octanol–water partition coefficient (Wildman–Crippen LogP) is 3.35. The van der Waals surface area contributed by atoms with Crippen LogP contribution in [0.15, 0.2) is 12.1 Å². The summed E-state index contributed by atoms with van der Waals surface area (Å²) in [5, 5.41) is 4.56. The van der Waals surface area contributed by atoms with Crippen molar-refractivity contribution in [1.82, 2.24) is 5.32 Å². The fourth-order valence-corrected chi connectivity index (χ4v) is 1.66. The predicted molar refractivity (Wildman–Crippen MR) is 78.4 cm³/mol. The van der Waals surface area contributed by atoms with Crippen molar-refractivity contribution >= 4 is 17.7 Å². The monoisotopic (exact) mass is 332 g/mol. The van der Waals surface area contributed by atoms with Crippen LogP contribution in [-0.2, 0) is 9.53 Å².